The van der Waals surface area contributed by atoms with Gasteiger partial charge in [-0.1, -0.05) is 56.0 Å². The number of rotatable bonds is 7. The first kappa shape index (κ1) is 24.9. The van der Waals surface area contributed by atoms with Crippen LogP contribution in [0.25, 0.3) is 10.9 Å². The molecule has 0 aliphatic heterocycles. The largest absolute Gasteiger partial charge is 0.477 e. The molecule has 8 nitrogen and oxygen atoms in total. The highest BCUT2D eigenvalue weighted by atomic mass is 35.5. The van der Waals surface area contributed by atoms with Crippen molar-refractivity contribution in [2.24, 2.45) is 17.6 Å². The lowest BCUT2D eigenvalue weighted by atomic mass is 9.60. The predicted molar refractivity (Wildman–Crippen MR) is 125 cm³/mol. The normalized spacial score (nSPS) is 21.5. The molecule has 0 radical (unpaired) electrons. The summed E-state index contributed by atoms with van der Waals surface area (Å²) in [5, 5.41) is 22.9. The van der Waals surface area contributed by atoms with E-state index in [2.05, 4.69) is 16.4 Å². The third kappa shape index (κ3) is 4.40. The SMILES string of the molecule is CC(C)C[C@@H](C#N)NC(=O)[C@@H]1CCCC[C@@]1(C(N)=O)c1c(C(=O)O)[nH]c2c(Cl)c(Cl)ccc12. The molecule has 1 saturated carbocycles. The first-order valence-electron chi connectivity index (χ1n) is 10.8. The highest BCUT2D eigenvalue weighted by molar-refractivity contribution is 6.45. The number of H-pyrrole nitrogens is 1. The molecule has 0 spiro atoms. The van der Waals surface area contributed by atoms with Crippen molar-refractivity contribution in [2.45, 2.75) is 57.4 Å². The van der Waals surface area contributed by atoms with Gasteiger partial charge < -0.3 is 21.1 Å². The topological polar surface area (TPSA) is 149 Å². The second-order valence-corrected chi connectivity index (χ2v) is 9.70. The molecule has 2 amide bonds. The molecule has 3 atom stereocenters. The van der Waals surface area contributed by atoms with Crippen LogP contribution in [0, 0.1) is 23.2 Å². The van der Waals surface area contributed by atoms with Crippen molar-refractivity contribution in [1.82, 2.24) is 10.3 Å². The highest BCUT2D eigenvalue weighted by Crippen LogP contribution is 2.49. The molecule has 10 heteroatoms. The zero-order valence-corrected chi connectivity index (χ0v) is 19.9. The van der Waals surface area contributed by atoms with Crippen LogP contribution >= 0.6 is 23.2 Å². The zero-order chi connectivity index (χ0) is 24.5. The molecule has 33 heavy (non-hydrogen) atoms. The van der Waals surface area contributed by atoms with E-state index in [1.807, 2.05) is 13.8 Å². The van der Waals surface area contributed by atoms with Gasteiger partial charge in [-0.05, 0) is 31.2 Å². The van der Waals surface area contributed by atoms with E-state index in [1.54, 1.807) is 6.07 Å². The van der Waals surface area contributed by atoms with Gasteiger partial charge in [0.15, 0.2) is 0 Å². The van der Waals surface area contributed by atoms with Crippen LogP contribution in [-0.2, 0) is 15.0 Å². The molecule has 1 heterocycles. The Morgan fingerprint density at radius 3 is 2.61 bits per heavy atom. The standard InChI is InChI=1S/C23H26Cl2N4O4/c1-11(2)9-12(10-26)28-20(30)14-5-3-4-8-23(14,22(27)33)16-13-6-7-15(24)17(25)18(13)29-19(16)21(31)32/h6-7,11-12,14,29H,3-5,8-9H2,1-2H3,(H2,27,33)(H,28,30)(H,31,32)/t12-,14-,23-/m0/s1. The second-order valence-electron chi connectivity index (χ2n) is 8.92. The number of nitriles is 1. The zero-order valence-electron chi connectivity index (χ0n) is 18.4. The number of fused-ring (bicyclic) bond motifs is 1. The Morgan fingerprint density at radius 1 is 1.33 bits per heavy atom. The number of nitrogens with zero attached hydrogens (tertiary/aromatic N) is 1. The number of benzene rings is 1. The number of carboxylic acids is 1. The third-order valence-electron chi connectivity index (χ3n) is 6.37. The maximum absolute atomic E-state index is 13.4. The highest BCUT2D eigenvalue weighted by Gasteiger charge is 2.53. The minimum Gasteiger partial charge on any atom is -0.477 e. The lowest BCUT2D eigenvalue weighted by Crippen LogP contribution is -2.55. The summed E-state index contributed by atoms with van der Waals surface area (Å²) < 4.78 is 0. The number of aromatic nitrogens is 1. The molecule has 3 rings (SSSR count). The van der Waals surface area contributed by atoms with Gasteiger partial charge in [-0.3, -0.25) is 9.59 Å². The predicted octanol–water partition coefficient (Wildman–Crippen LogP) is 4.14. The van der Waals surface area contributed by atoms with Crippen LogP contribution in [0.4, 0.5) is 0 Å². The number of carbonyl (C=O) groups is 3. The van der Waals surface area contributed by atoms with Crippen LogP contribution in [-0.4, -0.2) is 33.9 Å². The van der Waals surface area contributed by atoms with Crippen molar-refractivity contribution >= 4 is 51.9 Å². The van der Waals surface area contributed by atoms with Crippen molar-refractivity contribution in [1.29, 1.82) is 5.26 Å². The monoisotopic (exact) mass is 492 g/mol. The number of aromatic carboxylic acids is 1. The van der Waals surface area contributed by atoms with Gasteiger partial charge in [0, 0.05) is 10.9 Å². The summed E-state index contributed by atoms with van der Waals surface area (Å²) >= 11 is 12.4. The molecule has 176 valence electrons. The maximum Gasteiger partial charge on any atom is 0.352 e. The number of carboxylic acid groups (broad SMARTS) is 1. The number of hydrogen-bond donors (Lipinski definition) is 4. The van der Waals surface area contributed by atoms with E-state index in [-0.39, 0.29) is 39.2 Å². The molecular weight excluding hydrogens is 467 g/mol. The quantitative estimate of drug-likeness (QED) is 0.457. The molecule has 0 unspecified atom stereocenters. The Kier molecular flexibility index (Phi) is 7.25. The van der Waals surface area contributed by atoms with Crippen molar-refractivity contribution in [3.8, 4) is 6.07 Å². The lowest BCUT2D eigenvalue weighted by molar-refractivity contribution is -0.137. The van der Waals surface area contributed by atoms with Crippen LogP contribution < -0.4 is 11.1 Å². The number of halogens is 2. The number of nitrogens with two attached hydrogens (primary N) is 1. The number of amides is 2. The average molecular weight is 493 g/mol. The summed E-state index contributed by atoms with van der Waals surface area (Å²) in [7, 11) is 0. The molecule has 0 saturated heterocycles. The Bertz CT molecular complexity index is 1150. The van der Waals surface area contributed by atoms with Gasteiger partial charge in [-0.2, -0.15) is 5.26 Å². The molecule has 2 aromatic rings. The molecular formula is C23H26Cl2N4O4. The van der Waals surface area contributed by atoms with E-state index in [4.69, 9.17) is 28.9 Å². The van der Waals surface area contributed by atoms with E-state index in [0.717, 1.165) is 0 Å². The number of carbonyl (C=O) groups excluding carboxylic acids is 2. The smallest absolute Gasteiger partial charge is 0.352 e. The fourth-order valence-electron chi connectivity index (χ4n) is 4.96. The molecule has 1 aromatic heterocycles. The average Bonchev–Trinajstić information content (AvgIpc) is 3.16. The van der Waals surface area contributed by atoms with Crippen LogP contribution in [0.3, 0.4) is 0 Å². The minimum atomic E-state index is -1.59. The summed E-state index contributed by atoms with van der Waals surface area (Å²) in [6.07, 6.45) is 2.19. The molecule has 1 aromatic carbocycles. The van der Waals surface area contributed by atoms with Gasteiger partial charge in [0.1, 0.15) is 11.7 Å². The van der Waals surface area contributed by atoms with Crippen LogP contribution in [0.1, 0.15) is 62.0 Å². The van der Waals surface area contributed by atoms with E-state index < -0.39 is 35.2 Å². The Balaban J connectivity index is 2.23. The first-order valence-corrected chi connectivity index (χ1v) is 11.5. The van der Waals surface area contributed by atoms with Crippen LogP contribution in [0.5, 0.6) is 0 Å². The number of nitrogens with one attached hydrogen (secondary N) is 2. The van der Waals surface area contributed by atoms with E-state index in [9.17, 15) is 24.8 Å². The van der Waals surface area contributed by atoms with Crippen LogP contribution in [0.15, 0.2) is 12.1 Å². The van der Waals surface area contributed by atoms with E-state index in [0.29, 0.717) is 31.1 Å². The van der Waals surface area contributed by atoms with Crippen molar-refractivity contribution < 1.29 is 19.5 Å². The minimum absolute atomic E-state index is 0.112. The lowest BCUT2D eigenvalue weighted by Gasteiger charge is -2.41. The number of primary amides is 1. The summed E-state index contributed by atoms with van der Waals surface area (Å²) in [6, 6.07) is 4.44. The molecule has 0 bridgehead atoms. The maximum atomic E-state index is 13.4. The van der Waals surface area contributed by atoms with Gasteiger partial charge >= 0.3 is 5.97 Å². The van der Waals surface area contributed by atoms with E-state index in [1.165, 1.54) is 6.07 Å². The fraction of sp³-hybridized carbons (Fsp3) is 0.478. The summed E-state index contributed by atoms with van der Waals surface area (Å²) in [5.74, 6) is -3.38. The molecule has 1 aliphatic carbocycles. The van der Waals surface area contributed by atoms with E-state index >= 15 is 0 Å². The fourth-order valence-corrected chi connectivity index (χ4v) is 5.33. The molecule has 5 N–H and O–H groups in total. The summed E-state index contributed by atoms with van der Waals surface area (Å²) in [5.41, 5.74) is 4.49. The molecule has 1 fully saturated rings. The Labute approximate surface area is 201 Å². The van der Waals surface area contributed by atoms with Crippen molar-refractivity contribution in [2.75, 3.05) is 0 Å². The summed E-state index contributed by atoms with van der Waals surface area (Å²) in [6.45, 7) is 3.87. The Hall–Kier alpha value is -2.76. The number of hydrogen-bond acceptors (Lipinski definition) is 4. The van der Waals surface area contributed by atoms with Gasteiger partial charge in [0.2, 0.25) is 11.8 Å². The van der Waals surface area contributed by atoms with Gasteiger partial charge in [0.05, 0.1) is 33.0 Å². The molecule has 1 aliphatic rings. The Morgan fingerprint density at radius 2 is 2.03 bits per heavy atom. The van der Waals surface area contributed by atoms with Crippen molar-refractivity contribution in [3.05, 3.63) is 33.4 Å². The van der Waals surface area contributed by atoms with Gasteiger partial charge in [0.25, 0.3) is 0 Å². The first-order chi connectivity index (χ1) is 15.5. The number of aromatic amines is 1. The summed E-state index contributed by atoms with van der Waals surface area (Å²) in [4.78, 5) is 41.5. The third-order valence-corrected chi connectivity index (χ3v) is 7.17. The second kappa shape index (κ2) is 9.62. The van der Waals surface area contributed by atoms with Crippen LogP contribution in [0.2, 0.25) is 10.0 Å². The van der Waals surface area contributed by atoms with Crippen molar-refractivity contribution in [3.63, 3.8) is 0 Å². The van der Waals surface area contributed by atoms with Gasteiger partial charge in [-0.15, -0.1) is 0 Å². The van der Waals surface area contributed by atoms with Gasteiger partial charge in [-0.25, -0.2) is 4.79 Å².